The number of aromatic amines is 1. The Morgan fingerprint density at radius 3 is 3.04 bits per heavy atom. The molecule has 142 valence electrons. The van der Waals surface area contributed by atoms with Crippen LogP contribution in [0.5, 0.6) is 5.75 Å². The maximum atomic E-state index is 13.4. The predicted molar refractivity (Wildman–Crippen MR) is 103 cm³/mol. The number of hydrogen-bond donors (Lipinski definition) is 1. The highest BCUT2D eigenvalue weighted by Gasteiger charge is 2.33. The number of nitrogens with zero attached hydrogens (tertiary/aromatic N) is 2. The number of fused-ring (bicyclic) bond motifs is 2. The Hall–Kier alpha value is -3.12. The highest BCUT2D eigenvalue weighted by molar-refractivity contribution is 5.96. The smallest absolute Gasteiger partial charge is 0.254 e. The fraction of sp³-hybridized carbons (Fsp3) is 0.273. The summed E-state index contributed by atoms with van der Waals surface area (Å²) < 4.78 is 10.9. The third-order valence-electron chi connectivity index (χ3n) is 5.62. The van der Waals surface area contributed by atoms with E-state index in [0.29, 0.717) is 26.3 Å². The number of rotatable bonds is 3. The van der Waals surface area contributed by atoms with Gasteiger partial charge in [-0.2, -0.15) is 0 Å². The summed E-state index contributed by atoms with van der Waals surface area (Å²) in [5.41, 5.74) is 5.93. The van der Waals surface area contributed by atoms with E-state index < -0.39 is 0 Å². The van der Waals surface area contributed by atoms with Crippen LogP contribution in [0.4, 0.5) is 0 Å². The lowest BCUT2D eigenvalue weighted by atomic mass is 9.90. The summed E-state index contributed by atoms with van der Waals surface area (Å²) in [7, 11) is 1.66. The first kappa shape index (κ1) is 17.0. The SMILES string of the molecule is COc1cccc(C2CN(C(=O)c3cccc4c3COC4)Cc3[nH]cnc32)c1. The van der Waals surface area contributed by atoms with E-state index in [0.717, 1.165) is 39.4 Å². The highest BCUT2D eigenvalue weighted by atomic mass is 16.5. The Labute approximate surface area is 163 Å². The van der Waals surface area contributed by atoms with Gasteiger partial charge >= 0.3 is 0 Å². The third kappa shape index (κ3) is 2.77. The molecule has 0 aliphatic carbocycles. The number of benzene rings is 2. The number of ether oxygens (including phenoxy) is 2. The predicted octanol–water partition coefficient (Wildman–Crippen LogP) is 3.24. The van der Waals surface area contributed by atoms with Gasteiger partial charge < -0.3 is 19.4 Å². The van der Waals surface area contributed by atoms with Crippen molar-refractivity contribution in [2.24, 2.45) is 0 Å². The van der Waals surface area contributed by atoms with Crippen molar-refractivity contribution in [2.45, 2.75) is 25.7 Å². The molecule has 1 N–H and O–H groups in total. The quantitative estimate of drug-likeness (QED) is 0.763. The summed E-state index contributed by atoms with van der Waals surface area (Å²) in [4.78, 5) is 23.1. The summed E-state index contributed by atoms with van der Waals surface area (Å²) >= 11 is 0. The van der Waals surface area contributed by atoms with Crippen LogP contribution in [-0.4, -0.2) is 34.4 Å². The van der Waals surface area contributed by atoms with Crippen molar-refractivity contribution in [3.63, 3.8) is 0 Å². The zero-order valence-corrected chi connectivity index (χ0v) is 15.6. The van der Waals surface area contributed by atoms with E-state index in [1.54, 1.807) is 13.4 Å². The first-order chi connectivity index (χ1) is 13.7. The van der Waals surface area contributed by atoms with Crippen LogP contribution in [0.15, 0.2) is 48.8 Å². The average molecular weight is 375 g/mol. The molecule has 0 radical (unpaired) electrons. The molecule has 3 heterocycles. The van der Waals surface area contributed by atoms with Crippen LogP contribution in [0.3, 0.4) is 0 Å². The zero-order valence-electron chi connectivity index (χ0n) is 15.6. The van der Waals surface area contributed by atoms with E-state index in [1.165, 1.54) is 0 Å². The molecule has 0 bridgehead atoms. The van der Waals surface area contributed by atoms with Gasteiger partial charge in [0.05, 0.1) is 44.6 Å². The molecule has 0 spiro atoms. The van der Waals surface area contributed by atoms with Gasteiger partial charge in [-0.3, -0.25) is 4.79 Å². The second-order valence-electron chi connectivity index (χ2n) is 7.22. The molecule has 2 aromatic carbocycles. The molecule has 6 heteroatoms. The van der Waals surface area contributed by atoms with Crippen LogP contribution in [-0.2, 0) is 24.5 Å². The van der Waals surface area contributed by atoms with Gasteiger partial charge in [0.2, 0.25) is 0 Å². The third-order valence-corrected chi connectivity index (χ3v) is 5.62. The molecule has 1 atom stereocenters. The van der Waals surface area contributed by atoms with Crippen molar-refractivity contribution in [3.05, 3.63) is 82.4 Å². The van der Waals surface area contributed by atoms with Crippen molar-refractivity contribution < 1.29 is 14.3 Å². The fourth-order valence-electron chi connectivity index (χ4n) is 4.17. The summed E-state index contributed by atoms with van der Waals surface area (Å²) in [6.07, 6.45) is 1.71. The Kier molecular flexibility index (Phi) is 4.13. The summed E-state index contributed by atoms with van der Waals surface area (Å²) in [5, 5.41) is 0. The first-order valence-corrected chi connectivity index (χ1v) is 9.38. The number of hydrogen-bond acceptors (Lipinski definition) is 4. The van der Waals surface area contributed by atoms with Gasteiger partial charge in [-0.15, -0.1) is 0 Å². The molecule has 0 saturated carbocycles. The van der Waals surface area contributed by atoms with E-state index in [4.69, 9.17) is 9.47 Å². The number of carbonyl (C=O) groups is 1. The molecular weight excluding hydrogens is 354 g/mol. The van der Waals surface area contributed by atoms with Crippen LogP contribution < -0.4 is 4.74 Å². The van der Waals surface area contributed by atoms with Gasteiger partial charge in [-0.1, -0.05) is 24.3 Å². The molecule has 2 aliphatic heterocycles. The molecule has 0 fully saturated rings. The molecular formula is C22H21N3O3. The minimum atomic E-state index is 0.00191. The highest BCUT2D eigenvalue weighted by Crippen LogP contribution is 2.34. The van der Waals surface area contributed by atoms with Crippen LogP contribution in [0.25, 0.3) is 0 Å². The van der Waals surface area contributed by atoms with Crippen LogP contribution in [0.1, 0.15) is 44.4 Å². The van der Waals surface area contributed by atoms with Crippen molar-refractivity contribution in [3.8, 4) is 5.75 Å². The van der Waals surface area contributed by atoms with E-state index >= 15 is 0 Å². The first-order valence-electron chi connectivity index (χ1n) is 9.38. The van der Waals surface area contributed by atoms with Gasteiger partial charge in [0.15, 0.2) is 0 Å². The monoisotopic (exact) mass is 375 g/mol. The van der Waals surface area contributed by atoms with Crippen molar-refractivity contribution in [2.75, 3.05) is 13.7 Å². The van der Waals surface area contributed by atoms with Gasteiger partial charge in [-0.05, 0) is 34.9 Å². The second kappa shape index (κ2) is 6.80. The van der Waals surface area contributed by atoms with Gasteiger partial charge in [0.25, 0.3) is 5.91 Å². The topological polar surface area (TPSA) is 67.4 Å². The van der Waals surface area contributed by atoms with Gasteiger partial charge in [0, 0.05) is 18.0 Å². The summed E-state index contributed by atoms with van der Waals surface area (Å²) in [6.45, 7) is 2.18. The lowest BCUT2D eigenvalue weighted by molar-refractivity contribution is 0.0717. The molecule has 2 aliphatic rings. The molecule has 1 unspecified atom stereocenters. The molecule has 1 aromatic heterocycles. The molecule has 28 heavy (non-hydrogen) atoms. The molecule has 6 nitrogen and oxygen atoms in total. The van der Waals surface area contributed by atoms with Gasteiger partial charge in [-0.25, -0.2) is 4.98 Å². The van der Waals surface area contributed by atoms with E-state index in [-0.39, 0.29) is 11.8 Å². The van der Waals surface area contributed by atoms with Crippen LogP contribution >= 0.6 is 0 Å². The van der Waals surface area contributed by atoms with E-state index in [9.17, 15) is 4.79 Å². The standard InChI is InChI=1S/C22H21N3O3/c1-27-16-6-2-4-14(8-16)18-9-25(10-20-21(18)24-13-23-20)22(26)17-7-3-5-15-11-28-12-19(15)17/h2-8,13,18H,9-12H2,1H3,(H,23,24). The minimum absolute atomic E-state index is 0.00191. The zero-order chi connectivity index (χ0) is 19.1. The molecule has 3 aromatic rings. The van der Waals surface area contributed by atoms with E-state index in [1.807, 2.05) is 41.3 Å². The van der Waals surface area contributed by atoms with E-state index in [2.05, 4.69) is 16.0 Å². The van der Waals surface area contributed by atoms with Crippen molar-refractivity contribution >= 4 is 5.91 Å². The normalized spacial score (nSPS) is 17.9. The number of H-pyrrole nitrogens is 1. The average Bonchev–Trinajstić information content (AvgIpc) is 3.41. The fourth-order valence-corrected chi connectivity index (χ4v) is 4.17. The van der Waals surface area contributed by atoms with Gasteiger partial charge in [0.1, 0.15) is 5.75 Å². The number of nitrogens with one attached hydrogen (secondary N) is 1. The molecule has 0 saturated heterocycles. The van der Waals surface area contributed by atoms with Crippen molar-refractivity contribution in [1.82, 2.24) is 14.9 Å². The number of imidazole rings is 1. The molecule has 5 rings (SSSR count). The van der Waals surface area contributed by atoms with Crippen LogP contribution in [0, 0.1) is 0 Å². The van der Waals surface area contributed by atoms with Crippen LogP contribution in [0.2, 0.25) is 0 Å². The maximum absolute atomic E-state index is 13.4. The molecule has 1 amide bonds. The Bertz CT molecular complexity index is 1040. The number of amides is 1. The summed E-state index contributed by atoms with van der Waals surface area (Å²) in [6, 6.07) is 13.8. The number of carbonyl (C=O) groups excluding carboxylic acids is 1. The Morgan fingerprint density at radius 2 is 2.14 bits per heavy atom. The number of methoxy groups -OCH3 is 1. The lowest BCUT2D eigenvalue weighted by Crippen LogP contribution is -2.39. The Morgan fingerprint density at radius 1 is 1.25 bits per heavy atom. The maximum Gasteiger partial charge on any atom is 0.254 e. The number of aromatic nitrogens is 2. The minimum Gasteiger partial charge on any atom is -0.497 e. The largest absolute Gasteiger partial charge is 0.497 e. The summed E-state index contributed by atoms with van der Waals surface area (Å²) in [5.74, 6) is 0.841. The lowest BCUT2D eigenvalue weighted by Gasteiger charge is -2.33. The Balaban J connectivity index is 1.51. The second-order valence-corrected chi connectivity index (χ2v) is 7.22. The van der Waals surface area contributed by atoms with Crippen molar-refractivity contribution in [1.29, 1.82) is 0 Å².